The number of anilines is 1. The summed E-state index contributed by atoms with van der Waals surface area (Å²) in [6.45, 7) is 7.84. The molecule has 1 aromatic carbocycles. The molecule has 6 nitrogen and oxygen atoms in total. The van der Waals surface area contributed by atoms with Crippen molar-refractivity contribution in [3.05, 3.63) is 53.3 Å². The number of nitrogens with zero attached hydrogens (tertiary/aromatic N) is 3. The van der Waals surface area contributed by atoms with Crippen molar-refractivity contribution in [2.24, 2.45) is 11.7 Å². The quantitative estimate of drug-likeness (QED) is 0.641. The number of piperazine rings is 1. The Labute approximate surface area is 168 Å². The number of benzene rings is 1. The average molecular weight is 384 g/mol. The predicted octanol–water partition coefficient (Wildman–Crippen LogP) is 1.56. The maximum Gasteiger partial charge on any atom is 0.225 e. The van der Waals surface area contributed by atoms with Crippen LogP contribution in [-0.4, -0.2) is 53.4 Å². The van der Waals surface area contributed by atoms with Gasteiger partial charge in [0.2, 0.25) is 5.95 Å². The lowest BCUT2D eigenvalue weighted by molar-refractivity contribution is 0.106. The number of aliphatic hydroxyl groups excluding tert-OH is 1. The highest BCUT2D eigenvalue weighted by Gasteiger charge is 2.18. The van der Waals surface area contributed by atoms with Gasteiger partial charge in [-0.05, 0) is 48.8 Å². The first kappa shape index (κ1) is 20.7. The zero-order chi connectivity index (χ0) is 19.9. The standard InChI is InChI=1S/C22H33N5O/c1-16(17(2)23)21(28)13-19-6-3-18(4-7-19)5-8-20-14-25-22(26-15-20)27-11-9-24-10-12-27/h3-4,6-7,14-17,21,24,28H,5,8-13,23H2,1-2H3/t16?,17-,21?/m0/s1. The van der Waals surface area contributed by atoms with E-state index in [1.165, 1.54) is 5.56 Å². The van der Waals surface area contributed by atoms with E-state index in [1.54, 1.807) is 0 Å². The lowest BCUT2D eigenvalue weighted by atomic mass is 9.92. The number of aromatic nitrogens is 2. The number of nitrogens with one attached hydrogen (secondary N) is 1. The van der Waals surface area contributed by atoms with E-state index >= 15 is 0 Å². The Morgan fingerprint density at radius 1 is 1.00 bits per heavy atom. The molecular weight excluding hydrogens is 350 g/mol. The molecule has 1 aliphatic rings. The normalized spacial score (nSPS) is 17.9. The van der Waals surface area contributed by atoms with Crippen LogP contribution >= 0.6 is 0 Å². The highest BCUT2D eigenvalue weighted by atomic mass is 16.3. The second-order valence-corrected chi connectivity index (χ2v) is 7.93. The molecule has 6 heteroatoms. The summed E-state index contributed by atoms with van der Waals surface area (Å²) in [5.74, 6) is 0.915. The van der Waals surface area contributed by atoms with Gasteiger partial charge in [0, 0.05) is 44.6 Å². The van der Waals surface area contributed by atoms with Gasteiger partial charge in [0.1, 0.15) is 0 Å². The number of hydrogen-bond donors (Lipinski definition) is 3. The molecule has 0 spiro atoms. The second-order valence-electron chi connectivity index (χ2n) is 7.93. The molecule has 1 aromatic heterocycles. The maximum atomic E-state index is 10.3. The van der Waals surface area contributed by atoms with Gasteiger partial charge in [-0.15, -0.1) is 0 Å². The summed E-state index contributed by atoms with van der Waals surface area (Å²) in [4.78, 5) is 11.3. The number of nitrogens with two attached hydrogens (primary N) is 1. The van der Waals surface area contributed by atoms with Crippen molar-refractivity contribution in [1.82, 2.24) is 15.3 Å². The van der Waals surface area contributed by atoms with Crippen LogP contribution in [0.1, 0.15) is 30.5 Å². The summed E-state index contributed by atoms with van der Waals surface area (Å²) in [5, 5.41) is 13.6. The van der Waals surface area contributed by atoms with Crippen LogP contribution in [-0.2, 0) is 19.3 Å². The monoisotopic (exact) mass is 383 g/mol. The molecule has 1 aliphatic heterocycles. The molecule has 2 heterocycles. The Balaban J connectivity index is 1.49. The Morgan fingerprint density at radius 2 is 1.57 bits per heavy atom. The Hall–Kier alpha value is -2.02. The van der Waals surface area contributed by atoms with Crippen LogP contribution in [0.15, 0.2) is 36.7 Å². The fourth-order valence-electron chi connectivity index (χ4n) is 3.41. The van der Waals surface area contributed by atoms with E-state index in [9.17, 15) is 5.11 Å². The molecular formula is C22H33N5O. The average Bonchev–Trinajstić information content (AvgIpc) is 2.73. The molecule has 3 rings (SSSR count). The largest absolute Gasteiger partial charge is 0.392 e. The zero-order valence-electron chi connectivity index (χ0n) is 17.0. The first-order valence-electron chi connectivity index (χ1n) is 10.3. The molecule has 0 aliphatic carbocycles. The summed E-state index contributed by atoms with van der Waals surface area (Å²) in [7, 11) is 0. The van der Waals surface area contributed by atoms with Crippen LogP contribution in [0.2, 0.25) is 0 Å². The topological polar surface area (TPSA) is 87.3 Å². The van der Waals surface area contributed by atoms with Gasteiger partial charge in [0.05, 0.1) is 6.10 Å². The molecule has 28 heavy (non-hydrogen) atoms. The van der Waals surface area contributed by atoms with Gasteiger partial charge in [-0.1, -0.05) is 31.2 Å². The van der Waals surface area contributed by atoms with Crippen molar-refractivity contribution in [3.8, 4) is 0 Å². The lowest BCUT2D eigenvalue weighted by Gasteiger charge is -2.27. The third kappa shape index (κ3) is 5.74. The van der Waals surface area contributed by atoms with E-state index in [4.69, 9.17) is 5.73 Å². The SMILES string of the molecule is CC(C(O)Cc1ccc(CCc2cnc(N3CCNCC3)nc2)cc1)[C@H](C)N. The molecule has 0 bridgehead atoms. The van der Waals surface area contributed by atoms with E-state index in [0.29, 0.717) is 6.42 Å². The molecule has 1 saturated heterocycles. The van der Waals surface area contributed by atoms with Crippen molar-refractivity contribution in [1.29, 1.82) is 0 Å². The molecule has 1 fully saturated rings. The first-order valence-corrected chi connectivity index (χ1v) is 10.3. The van der Waals surface area contributed by atoms with Gasteiger partial charge >= 0.3 is 0 Å². The molecule has 2 unspecified atom stereocenters. The summed E-state index contributed by atoms with van der Waals surface area (Å²) < 4.78 is 0. The van der Waals surface area contributed by atoms with Crippen LogP contribution < -0.4 is 16.0 Å². The number of hydrogen-bond acceptors (Lipinski definition) is 6. The Kier molecular flexibility index (Phi) is 7.36. The molecule has 2 aromatic rings. The van der Waals surface area contributed by atoms with Crippen LogP contribution in [0.25, 0.3) is 0 Å². The molecule has 0 amide bonds. The summed E-state index contributed by atoms with van der Waals surface area (Å²) in [6, 6.07) is 8.50. The highest BCUT2D eigenvalue weighted by molar-refractivity contribution is 5.31. The van der Waals surface area contributed by atoms with Gasteiger partial charge < -0.3 is 21.1 Å². The summed E-state index contributed by atoms with van der Waals surface area (Å²) in [5.41, 5.74) is 9.47. The molecule has 4 N–H and O–H groups in total. The molecule has 152 valence electrons. The van der Waals surface area contributed by atoms with Crippen LogP contribution in [0, 0.1) is 5.92 Å². The number of aryl methyl sites for hydroxylation is 2. The van der Waals surface area contributed by atoms with Gasteiger partial charge in [-0.25, -0.2) is 9.97 Å². The summed E-state index contributed by atoms with van der Waals surface area (Å²) in [6.07, 6.45) is 6.01. The van der Waals surface area contributed by atoms with E-state index in [0.717, 1.165) is 56.1 Å². The lowest BCUT2D eigenvalue weighted by Crippen LogP contribution is -2.44. The van der Waals surface area contributed by atoms with Crippen molar-refractivity contribution >= 4 is 5.95 Å². The Bertz CT molecular complexity index is 711. The highest BCUT2D eigenvalue weighted by Crippen LogP contribution is 2.15. The van der Waals surface area contributed by atoms with Crippen molar-refractivity contribution in [2.45, 2.75) is 45.3 Å². The predicted molar refractivity (Wildman–Crippen MR) is 113 cm³/mol. The third-order valence-corrected chi connectivity index (χ3v) is 5.70. The van der Waals surface area contributed by atoms with Crippen molar-refractivity contribution in [2.75, 3.05) is 31.1 Å². The van der Waals surface area contributed by atoms with Gasteiger partial charge in [-0.3, -0.25) is 0 Å². The number of rotatable bonds is 8. The van der Waals surface area contributed by atoms with E-state index in [1.807, 2.05) is 26.2 Å². The van der Waals surface area contributed by atoms with Crippen LogP contribution in [0.4, 0.5) is 5.95 Å². The molecule has 0 radical (unpaired) electrons. The van der Waals surface area contributed by atoms with E-state index in [-0.39, 0.29) is 12.0 Å². The van der Waals surface area contributed by atoms with Crippen molar-refractivity contribution in [3.63, 3.8) is 0 Å². The van der Waals surface area contributed by atoms with Gasteiger partial charge in [0.25, 0.3) is 0 Å². The summed E-state index contributed by atoms with van der Waals surface area (Å²) >= 11 is 0. The van der Waals surface area contributed by atoms with E-state index in [2.05, 4.69) is 44.5 Å². The second kappa shape index (κ2) is 9.96. The maximum absolute atomic E-state index is 10.3. The van der Waals surface area contributed by atoms with E-state index < -0.39 is 6.10 Å². The molecule has 0 saturated carbocycles. The smallest absolute Gasteiger partial charge is 0.225 e. The zero-order valence-corrected chi connectivity index (χ0v) is 17.0. The van der Waals surface area contributed by atoms with Crippen LogP contribution in [0.5, 0.6) is 0 Å². The minimum atomic E-state index is -0.405. The fraction of sp³-hybridized carbons (Fsp3) is 0.545. The van der Waals surface area contributed by atoms with Gasteiger partial charge in [0.15, 0.2) is 0 Å². The molecule has 3 atom stereocenters. The minimum Gasteiger partial charge on any atom is -0.392 e. The number of aliphatic hydroxyl groups is 1. The Morgan fingerprint density at radius 3 is 2.18 bits per heavy atom. The van der Waals surface area contributed by atoms with Crippen molar-refractivity contribution < 1.29 is 5.11 Å². The van der Waals surface area contributed by atoms with Gasteiger partial charge in [-0.2, -0.15) is 0 Å². The van der Waals surface area contributed by atoms with Crippen LogP contribution in [0.3, 0.4) is 0 Å². The minimum absolute atomic E-state index is 0.00513. The fourth-order valence-corrected chi connectivity index (χ4v) is 3.41. The first-order chi connectivity index (χ1) is 13.5. The third-order valence-electron chi connectivity index (χ3n) is 5.70.